The van der Waals surface area contributed by atoms with Crippen molar-refractivity contribution < 1.29 is 9.84 Å². The van der Waals surface area contributed by atoms with Crippen LogP contribution in [0.4, 0.5) is 11.6 Å². The molecule has 0 bridgehead atoms. The van der Waals surface area contributed by atoms with Crippen molar-refractivity contribution in [3.63, 3.8) is 0 Å². The van der Waals surface area contributed by atoms with Crippen LogP contribution in [-0.2, 0) is 4.74 Å². The third-order valence-corrected chi connectivity index (χ3v) is 5.39. The van der Waals surface area contributed by atoms with Crippen LogP contribution in [0.5, 0.6) is 5.75 Å². The Morgan fingerprint density at radius 2 is 1.79 bits per heavy atom. The molecular weight excluding hydrogens is 356 g/mol. The van der Waals surface area contributed by atoms with Gasteiger partial charge >= 0.3 is 0 Å². The fourth-order valence-corrected chi connectivity index (χ4v) is 3.90. The maximum absolute atomic E-state index is 10.4. The summed E-state index contributed by atoms with van der Waals surface area (Å²) >= 11 is 0. The number of phenolic OH excluding ortho intramolecular Hbond substituents is 1. The van der Waals surface area contributed by atoms with Gasteiger partial charge in [-0.2, -0.15) is 0 Å². The molecule has 2 fully saturated rings. The fourth-order valence-electron chi connectivity index (χ4n) is 3.90. The summed E-state index contributed by atoms with van der Waals surface area (Å²) < 4.78 is 7.63. The maximum atomic E-state index is 10.4. The number of rotatable bonds is 3. The summed E-state index contributed by atoms with van der Waals surface area (Å²) in [5.74, 6) is 2.13. The highest BCUT2D eigenvalue weighted by Gasteiger charge is 2.22. The Labute approximate surface area is 163 Å². The molecule has 2 aliphatic rings. The van der Waals surface area contributed by atoms with Crippen LogP contribution in [-0.4, -0.2) is 72.0 Å². The van der Waals surface area contributed by atoms with Crippen LogP contribution in [0.25, 0.3) is 16.9 Å². The molecule has 0 amide bonds. The van der Waals surface area contributed by atoms with Crippen molar-refractivity contribution in [1.82, 2.24) is 19.7 Å². The zero-order chi connectivity index (χ0) is 18.9. The van der Waals surface area contributed by atoms with Crippen LogP contribution in [0.3, 0.4) is 0 Å². The predicted molar refractivity (Wildman–Crippen MR) is 108 cm³/mol. The fraction of sp³-hybridized carbons (Fsp3) is 0.400. The van der Waals surface area contributed by atoms with E-state index in [4.69, 9.17) is 14.7 Å². The van der Waals surface area contributed by atoms with Crippen molar-refractivity contribution >= 4 is 17.3 Å². The van der Waals surface area contributed by atoms with E-state index < -0.39 is 0 Å². The lowest BCUT2D eigenvalue weighted by Crippen LogP contribution is -2.44. The van der Waals surface area contributed by atoms with Gasteiger partial charge in [0.2, 0.25) is 0 Å². The summed E-state index contributed by atoms with van der Waals surface area (Å²) in [6, 6.07) is 7.33. The van der Waals surface area contributed by atoms with Crippen LogP contribution in [0.1, 0.15) is 0 Å². The lowest BCUT2D eigenvalue weighted by molar-refractivity contribution is 0.122. The number of benzene rings is 1. The summed E-state index contributed by atoms with van der Waals surface area (Å²) in [7, 11) is 0. The highest BCUT2D eigenvalue weighted by atomic mass is 16.5. The number of nitrogens with one attached hydrogen (secondary N) is 1. The Morgan fingerprint density at radius 3 is 2.57 bits per heavy atom. The van der Waals surface area contributed by atoms with Gasteiger partial charge < -0.3 is 25.0 Å². The zero-order valence-corrected chi connectivity index (χ0v) is 15.7. The first-order valence-electron chi connectivity index (χ1n) is 9.76. The highest BCUT2D eigenvalue weighted by molar-refractivity contribution is 5.75. The van der Waals surface area contributed by atoms with E-state index >= 15 is 0 Å². The average Bonchev–Trinajstić information content (AvgIpc) is 3.19. The third kappa shape index (κ3) is 3.04. The Kier molecular flexibility index (Phi) is 4.50. The maximum Gasteiger partial charge on any atom is 0.181 e. The van der Waals surface area contributed by atoms with Gasteiger partial charge in [0.1, 0.15) is 11.6 Å². The molecule has 0 unspecified atom stereocenters. The Bertz CT molecular complexity index is 976. The first kappa shape index (κ1) is 17.3. The Morgan fingerprint density at radius 1 is 1.00 bits per heavy atom. The molecule has 2 N–H and O–H groups in total. The van der Waals surface area contributed by atoms with E-state index in [-0.39, 0.29) is 5.75 Å². The number of ether oxygens (including phenoxy) is 1. The van der Waals surface area contributed by atoms with Crippen LogP contribution in [0.2, 0.25) is 0 Å². The molecule has 2 saturated heterocycles. The standard InChI is InChI=1S/C20H24N6O2/c27-17-4-2-1-3-15(17)16-14-26-18(24-7-5-21-6-8-24)13-22-19(26)20(23-16)25-9-11-28-12-10-25/h1-4,13-14,21,27H,5-12H2. The lowest BCUT2D eigenvalue weighted by atomic mass is 10.1. The molecular formula is C20H24N6O2. The van der Waals surface area contributed by atoms with Crippen molar-refractivity contribution in [2.24, 2.45) is 0 Å². The summed E-state index contributed by atoms with van der Waals surface area (Å²) in [5.41, 5.74) is 2.30. The van der Waals surface area contributed by atoms with E-state index in [0.29, 0.717) is 13.2 Å². The van der Waals surface area contributed by atoms with E-state index in [1.54, 1.807) is 6.07 Å². The molecule has 0 saturated carbocycles. The third-order valence-electron chi connectivity index (χ3n) is 5.39. The molecule has 3 aromatic rings. The molecule has 28 heavy (non-hydrogen) atoms. The normalized spacial score (nSPS) is 18.0. The van der Waals surface area contributed by atoms with Gasteiger partial charge in [0, 0.05) is 51.0 Å². The van der Waals surface area contributed by atoms with Crippen molar-refractivity contribution in [3.05, 3.63) is 36.7 Å². The van der Waals surface area contributed by atoms with Gasteiger partial charge in [-0.05, 0) is 12.1 Å². The van der Waals surface area contributed by atoms with E-state index in [1.165, 1.54) is 0 Å². The number of phenols is 1. The summed E-state index contributed by atoms with van der Waals surface area (Å²) in [5, 5.41) is 13.8. The number of fused-ring (bicyclic) bond motifs is 1. The molecule has 4 heterocycles. The molecule has 8 nitrogen and oxygen atoms in total. The van der Waals surface area contributed by atoms with Gasteiger partial charge in [-0.1, -0.05) is 12.1 Å². The monoisotopic (exact) mass is 380 g/mol. The van der Waals surface area contributed by atoms with Crippen molar-refractivity contribution in [1.29, 1.82) is 0 Å². The Balaban J connectivity index is 1.68. The second-order valence-corrected chi connectivity index (χ2v) is 7.11. The van der Waals surface area contributed by atoms with Crippen LogP contribution >= 0.6 is 0 Å². The number of para-hydroxylation sites is 1. The van der Waals surface area contributed by atoms with Gasteiger partial charge in [0.25, 0.3) is 0 Å². The van der Waals surface area contributed by atoms with Gasteiger partial charge in [0.15, 0.2) is 11.5 Å². The molecule has 2 aromatic heterocycles. The summed E-state index contributed by atoms with van der Waals surface area (Å²) in [6.45, 7) is 6.72. The molecule has 2 aliphatic heterocycles. The number of hydrogen-bond acceptors (Lipinski definition) is 7. The molecule has 0 atom stereocenters. The number of morpholine rings is 1. The number of nitrogens with zero attached hydrogens (tertiary/aromatic N) is 5. The second-order valence-electron chi connectivity index (χ2n) is 7.11. The minimum absolute atomic E-state index is 0.228. The van der Waals surface area contributed by atoms with E-state index in [2.05, 4.69) is 19.5 Å². The van der Waals surface area contributed by atoms with Gasteiger partial charge in [-0.15, -0.1) is 0 Å². The van der Waals surface area contributed by atoms with Crippen LogP contribution < -0.4 is 15.1 Å². The average molecular weight is 380 g/mol. The second kappa shape index (κ2) is 7.29. The molecule has 0 aliphatic carbocycles. The number of piperazine rings is 1. The van der Waals surface area contributed by atoms with E-state index in [1.807, 2.05) is 30.6 Å². The number of hydrogen-bond donors (Lipinski definition) is 2. The minimum atomic E-state index is 0.228. The topological polar surface area (TPSA) is 78.2 Å². The molecule has 8 heteroatoms. The van der Waals surface area contributed by atoms with E-state index in [9.17, 15) is 5.11 Å². The first-order chi connectivity index (χ1) is 13.8. The Hall–Kier alpha value is -2.84. The van der Waals surface area contributed by atoms with Crippen LogP contribution in [0, 0.1) is 0 Å². The van der Waals surface area contributed by atoms with Gasteiger partial charge in [0.05, 0.1) is 25.1 Å². The number of imidazole rings is 1. The van der Waals surface area contributed by atoms with Crippen LogP contribution in [0.15, 0.2) is 36.7 Å². The minimum Gasteiger partial charge on any atom is -0.507 e. The molecule has 1 aromatic carbocycles. The number of aromatic nitrogens is 3. The summed E-state index contributed by atoms with van der Waals surface area (Å²) in [6.07, 6.45) is 3.92. The smallest absolute Gasteiger partial charge is 0.181 e. The van der Waals surface area contributed by atoms with Gasteiger partial charge in [-0.3, -0.25) is 4.40 Å². The number of aromatic hydroxyl groups is 1. The quantitative estimate of drug-likeness (QED) is 0.710. The van der Waals surface area contributed by atoms with Gasteiger partial charge in [-0.25, -0.2) is 9.97 Å². The lowest BCUT2D eigenvalue weighted by Gasteiger charge is -2.30. The van der Waals surface area contributed by atoms with Crippen molar-refractivity contribution in [2.45, 2.75) is 0 Å². The highest BCUT2D eigenvalue weighted by Crippen LogP contribution is 2.32. The summed E-state index contributed by atoms with van der Waals surface area (Å²) in [4.78, 5) is 14.2. The SMILES string of the molecule is Oc1ccccc1-c1cn2c(N3CCNCC3)cnc2c(N2CCOCC2)n1. The first-order valence-corrected chi connectivity index (χ1v) is 9.76. The molecule has 0 radical (unpaired) electrons. The molecule has 0 spiro atoms. The number of anilines is 2. The largest absolute Gasteiger partial charge is 0.507 e. The molecule has 146 valence electrons. The van der Waals surface area contributed by atoms with Crippen molar-refractivity contribution in [2.75, 3.05) is 62.3 Å². The zero-order valence-electron chi connectivity index (χ0n) is 15.7. The predicted octanol–water partition coefficient (Wildman–Crippen LogP) is 1.35. The molecule has 5 rings (SSSR count). The van der Waals surface area contributed by atoms with E-state index in [0.717, 1.165) is 67.8 Å². The van der Waals surface area contributed by atoms with Crippen molar-refractivity contribution in [3.8, 4) is 17.0 Å².